The Morgan fingerprint density at radius 3 is 2.51 bits per heavy atom. The van der Waals surface area contributed by atoms with Gasteiger partial charge in [0.2, 0.25) is 17.7 Å². The number of hydrogen-bond acceptors (Lipinski definition) is 5. The molecule has 1 fully saturated rings. The summed E-state index contributed by atoms with van der Waals surface area (Å²) in [5, 5.41) is 8.86. The molecule has 10 heteroatoms. The molecule has 3 atom stereocenters. The number of carbonyl (C=O) groups is 4. The van der Waals surface area contributed by atoms with Crippen LogP contribution in [0.3, 0.4) is 0 Å². The lowest BCUT2D eigenvalue weighted by Gasteiger charge is -2.31. The van der Waals surface area contributed by atoms with Crippen LogP contribution in [0, 0.1) is 5.92 Å². The van der Waals surface area contributed by atoms with E-state index in [4.69, 9.17) is 16.3 Å². The Morgan fingerprint density at radius 2 is 1.89 bits per heavy atom. The van der Waals surface area contributed by atoms with Crippen LogP contribution in [-0.4, -0.2) is 66.4 Å². The van der Waals surface area contributed by atoms with Gasteiger partial charge in [-0.25, -0.2) is 0 Å². The number of likely N-dealkylation sites (N-methyl/N-ethyl adjacent to an activating group) is 1. The number of fused-ring (bicyclic) bond motifs is 1. The topological polar surface area (TPSA) is 117 Å². The van der Waals surface area contributed by atoms with Crippen LogP contribution in [-0.2, 0) is 14.4 Å². The summed E-state index contributed by atoms with van der Waals surface area (Å²) in [7, 11) is 1.66. The molecular weight excluding hydrogens is 472 g/mol. The van der Waals surface area contributed by atoms with Crippen LogP contribution < -0.4 is 20.7 Å². The van der Waals surface area contributed by atoms with Crippen LogP contribution in [0.4, 0.5) is 0 Å². The summed E-state index contributed by atoms with van der Waals surface area (Å²) in [5.74, 6) is -1.30. The van der Waals surface area contributed by atoms with Crippen LogP contribution in [0.25, 0.3) is 0 Å². The van der Waals surface area contributed by atoms with Gasteiger partial charge in [0.25, 0.3) is 5.91 Å². The fourth-order valence-electron chi connectivity index (χ4n) is 3.96. The van der Waals surface area contributed by atoms with E-state index in [1.54, 1.807) is 19.2 Å². The molecule has 192 valence electrons. The number of ether oxygens (including phenoxy) is 1. The lowest BCUT2D eigenvalue weighted by molar-refractivity contribution is -0.138. The third-order valence-electron chi connectivity index (χ3n) is 6.66. The summed E-state index contributed by atoms with van der Waals surface area (Å²) in [4.78, 5) is 53.7. The second-order valence-electron chi connectivity index (χ2n) is 9.74. The Bertz CT molecular complexity index is 965. The molecule has 1 aromatic rings. The third kappa shape index (κ3) is 6.87. The van der Waals surface area contributed by atoms with Gasteiger partial charge in [-0.1, -0.05) is 25.4 Å². The average Bonchev–Trinajstić information content (AvgIpc) is 2.79. The number of hydrogen-bond donors (Lipinski definition) is 3. The van der Waals surface area contributed by atoms with Crippen LogP contribution in [0.15, 0.2) is 18.2 Å². The fourth-order valence-corrected chi connectivity index (χ4v) is 4.13. The molecule has 0 radical (unpaired) electrons. The molecule has 3 N–H and O–H groups in total. The van der Waals surface area contributed by atoms with Gasteiger partial charge in [0.1, 0.15) is 24.4 Å². The quantitative estimate of drug-likeness (QED) is 0.581. The Kier molecular flexibility index (Phi) is 8.99. The van der Waals surface area contributed by atoms with Crippen LogP contribution >= 0.6 is 11.6 Å². The van der Waals surface area contributed by atoms with Crippen molar-refractivity contribution in [2.24, 2.45) is 5.92 Å². The second-order valence-corrected chi connectivity index (χ2v) is 10.2. The van der Waals surface area contributed by atoms with Crippen molar-refractivity contribution >= 4 is 35.2 Å². The van der Waals surface area contributed by atoms with E-state index >= 15 is 0 Å². The van der Waals surface area contributed by atoms with Gasteiger partial charge < -0.3 is 25.6 Å². The highest BCUT2D eigenvalue weighted by molar-refractivity contribution is 6.31. The van der Waals surface area contributed by atoms with Crippen molar-refractivity contribution < 1.29 is 23.9 Å². The monoisotopic (exact) mass is 506 g/mol. The first kappa shape index (κ1) is 26.8. The molecule has 3 rings (SSSR count). The molecule has 9 nitrogen and oxygen atoms in total. The van der Waals surface area contributed by atoms with Gasteiger partial charge in [0.15, 0.2) is 0 Å². The Hall–Kier alpha value is -2.81. The predicted octanol–water partition coefficient (Wildman–Crippen LogP) is 2.27. The Balaban J connectivity index is 1.91. The van der Waals surface area contributed by atoms with E-state index in [1.807, 2.05) is 20.8 Å². The van der Waals surface area contributed by atoms with E-state index in [2.05, 4.69) is 16.0 Å². The molecule has 0 unspecified atom stereocenters. The highest BCUT2D eigenvalue weighted by Gasteiger charge is 2.32. The highest BCUT2D eigenvalue weighted by Crippen LogP contribution is 2.24. The third-order valence-corrected chi connectivity index (χ3v) is 6.89. The molecule has 2 aliphatic rings. The Morgan fingerprint density at radius 1 is 1.17 bits per heavy atom. The summed E-state index contributed by atoms with van der Waals surface area (Å²) < 4.78 is 5.92. The second kappa shape index (κ2) is 11.7. The predicted molar refractivity (Wildman–Crippen MR) is 132 cm³/mol. The first-order chi connectivity index (χ1) is 16.6. The van der Waals surface area contributed by atoms with Crippen molar-refractivity contribution in [2.45, 2.75) is 77.0 Å². The number of nitrogens with one attached hydrogen (secondary N) is 3. The lowest BCUT2D eigenvalue weighted by Crippen LogP contribution is -2.53. The zero-order valence-electron chi connectivity index (χ0n) is 20.7. The standard InChI is InChI=1S/C25H35ClN4O5/c1-14(2)22-25(34)30(4)15(3)13-35-20-10-8-16(26)12-18(20)23(32)28-19(9-11-21(31)29-22)24(33)27-17-6-5-7-17/h8,10,12,14-15,17,19,22H,5-7,9,11,13H2,1-4H3,(H,27,33)(H,28,32)(H,29,31)/t15-,19+,22-/m1/s1. The zero-order valence-corrected chi connectivity index (χ0v) is 21.5. The van der Waals surface area contributed by atoms with Crippen LogP contribution in [0.5, 0.6) is 5.75 Å². The molecular formula is C25H35ClN4O5. The number of benzene rings is 1. The van der Waals surface area contributed by atoms with Crippen molar-refractivity contribution in [1.29, 1.82) is 0 Å². The first-order valence-corrected chi connectivity index (χ1v) is 12.5. The lowest BCUT2D eigenvalue weighted by atomic mass is 9.92. The minimum absolute atomic E-state index is 0.0301. The van der Waals surface area contributed by atoms with Crippen LogP contribution in [0.2, 0.25) is 5.02 Å². The largest absolute Gasteiger partial charge is 0.491 e. The maximum Gasteiger partial charge on any atom is 0.255 e. The van der Waals surface area contributed by atoms with Gasteiger partial charge in [0, 0.05) is 24.5 Å². The van der Waals surface area contributed by atoms with Gasteiger partial charge in [-0.05, 0) is 56.7 Å². The van der Waals surface area contributed by atoms with Gasteiger partial charge in [-0.3, -0.25) is 19.2 Å². The van der Waals surface area contributed by atoms with Gasteiger partial charge >= 0.3 is 0 Å². The minimum Gasteiger partial charge on any atom is -0.491 e. The van der Waals surface area contributed by atoms with Gasteiger partial charge in [0.05, 0.1) is 11.6 Å². The van der Waals surface area contributed by atoms with Crippen LogP contribution in [0.1, 0.15) is 63.2 Å². The van der Waals surface area contributed by atoms with Crippen molar-refractivity contribution in [1.82, 2.24) is 20.9 Å². The van der Waals surface area contributed by atoms with E-state index < -0.39 is 18.0 Å². The number of nitrogens with zero attached hydrogens (tertiary/aromatic N) is 1. The minimum atomic E-state index is -0.930. The van der Waals surface area contributed by atoms with Crippen molar-refractivity contribution in [3.05, 3.63) is 28.8 Å². The summed E-state index contributed by atoms with van der Waals surface area (Å²) >= 11 is 6.15. The number of halogens is 1. The molecule has 0 saturated heterocycles. The molecule has 1 saturated carbocycles. The van der Waals surface area contributed by atoms with Gasteiger partial charge in [-0.2, -0.15) is 0 Å². The molecule has 1 aliphatic carbocycles. The number of rotatable bonds is 3. The number of amides is 4. The maximum absolute atomic E-state index is 13.2. The first-order valence-electron chi connectivity index (χ1n) is 12.2. The van der Waals surface area contributed by atoms with E-state index in [9.17, 15) is 19.2 Å². The van der Waals surface area contributed by atoms with E-state index in [-0.39, 0.29) is 60.7 Å². The highest BCUT2D eigenvalue weighted by atomic mass is 35.5. The molecule has 35 heavy (non-hydrogen) atoms. The normalized spacial score (nSPS) is 24.8. The average molecular weight is 507 g/mol. The maximum atomic E-state index is 13.2. The number of carbonyl (C=O) groups excluding carboxylic acids is 4. The van der Waals surface area contributed by atoms with E-state index in [0.29, 0.717) is 10.8 Å². The molecule has 0 spiro atoms. The smallest absolute Gasteiger partial charge is 0.255 e. The molecule has 1 aromatic carbocycles. The summed E-state index contributed by atoms with van der Waals surface area (Å²) in [5.41, 5.74) is 0.180. The summed E-state index contributed by atoms with van der Waals surface area (Å²) in [6.45, 7) is 5.67. The van der Waals surface area contributed by atoms with E-state index in [0.717, 1.165) is 19.3 Å². The summed E-state index contributed by atoms with van der Waals surface area (Å²) in [6.07, 6.45) is 2.88. The fraction of sp³-hybridized carbons (Fsp3) is 0.600. The molecule has 4 amide bonds. The van der Waals surface area contributed by atoms with E-state index in [1.165, 1.54) is 11.0 Å². The van der Waals surface area contributed by atoms with Crippen molar-refractivity contribution in [3.63, 3.8) is 0 Å². The molecule has 0 aromatic heterocycles. The van der Waals surface area contributed by atoms with Crippen molar-refractivity contribution in [2.75, 3.05) is 13.7 Å². The summed E-state index contributed by atoms with van der Waals surface area (Å²) in [6, 6.07) is 2.78. The molecule has 1 heterocycles. The molecule has 1 aliphatic heterocycles. The zero-order chi connectivity index (χ0) is 25.7. The SMILES string of the molecule is CC(C)[C@H]1NC(=O)CC[C@@H](C(=O)NC2CCC2)NC(=O)c2cc(Cl)ccc2OC[C@@H](C)N(C)C1=O. The molecule has 0 bridgehead atoms. The van der Waals surface area contributed by atoms with Crippen molar-refractivity contribution in [3.8, 4) is 5.75 Å². The van der Waals surface area contributed by atoms with Gasteiger partial charge in [-0.15, -0.1) is 0 Å². The Labute approximate surface area is 211 Å².